The van der Waals surface area contributed by atoms with Crippen LogP contribution in [-0.2, 0) is 9.47 Å². The Morgan fingerprint density at radius 2 is 0.957 bits per heavy atom. The molecule has 2 saturated heterocycles. The van der Waals surface area contributed by atoms with E-state index in [4.69, 9.17) is 9.47 Å². The maximum atomic E-state index is 12.7. The number of likely N-dealkylation sites (tertiary alicyclic amines) is 2. The summed E-state index contributed by atoms with van der Waals surface area (Å²) in [5.41, 5.74) is 2.81. The van der Waals surface area contributed by atoms with Crippen LogP contribution in [0.25, 0.3) is 33.9 Å². The summed E-state index contributed by atoms with van der Waals surface area (Å²) in [5.74, 6) is 2.64. The molecule has 2 amide bonds. The van der Waals surface area contributed by atoms with Crippen molar-refractivity contribution in [2.24, 2.45) is 0 Å². The number of nitrogens with zero attached hydrogens (tertiary/aromatic N) is 6. The summed E-state index contributed by atoms with van der Waals surface area (Å²) in [6.07, 6.45) is 2.74. The predicted molar refractivity (Wildman–Crippen MR) is 172 cm³/mol. The minimum atomic E-state index is -0.555. The maximum absolute atomic E-state index is 12.7. The molecule has 12 nitrogen and oxygen atoms in total. The number of hydrogen-bond donors (Lipinski definition) is 2. The van der Waals surface area contributed by atoms with Gasteiger partial charge in [-0.25, -0.2) is 9.59 Å². The summed E-state index contributed by atoms with van der Waals surface area (Å²) in [6.45, 7) is 12.5. The third-order valence-electron chi connectivity index (χ3n) is 8.05. The minimum Gasteiger partial charge on any atom is -0.444 e. The molecule has 0 spiro atoms. The topological polar surface area (TPSA) is 142 Å². The van der Waals surface area contributed by atoms with Crippen molar-refractivity contribution in [1.82, 2.24) is 40.2 Å². The van der Waals surface area contributed by atoms with Crippen LogP contribution in [0, 0.1) is 0 Å². The molecule has 0 unspecified atom stereocenters. The number of benzene rings is 2. The molecule has 2 fully saturated rings. The predicted octanol–water partition coefficient (Wildman–Crippen LogP) is 7.07. The molecule has 12 heteroatoms. The average Bonchev–Trinajstić information content (AvgIpc) is 3.82. The molecule has 0 saturated carbocycles. The summed E-state index contributed by atoms with van der Waals surface area (Å²) >= 11 is 0. The monoisotopic (exact) mass is 626 g/mol. The zero-order valence-electron chi connectivity index (χ0n) is 27.3. The maximum Gasteiger partial charge on any atom is 0.410 e. The second-order valence-corrected chi connectivity index (χ2v) is 13.9. The molecule has 2 aromatic carbocycles. The lowest BCUT2D eigenvalue weighted by atomic mass is 10.0. The molecule has 2 atom stereocenters. The molecule has 6 rings (SSSR count). The minimum absolute atomic E-state index is 0.184. The van der Waals surface area contributed by atoms with Gasteiger partial charge in [0, 0.05) is 24.2 Å². The van der Waals surface area contributed by atoms with Gasteiger partial charge < -0.3 is 19.4 Å². The molecule has 242 valence electrons. The Balaban J connectivity index is 1.11. The van der Waals surface area contributed by atoms with Crippen molar-refractivity contribution in [2.45, 2.75) is 90.5 Å². The molecule has 2 aliphatic heterocycles. The number of hydrogen-bond acceptors (Lipinski definition) is 8. The molecule has 0 radical (unpaired) electrons. The van der Waals surface area contributed by atoms with E-state index in [1.165, 1.54) is 0 Å². The largest absolute Gasteiger partial charge is 0.444 e. The van der Waals surface area contributed by atoms with E-state index in [-0.39, 0.29) is 24.3 Å². The first-order chi connectivity index (χ1) is 21.8. The first kappa shape index (κ1) is 31.3. The summed E-state index contributed by atoms with van der Waals surface area (Å²) in [5, 5.41) is 17.5. The third kappa shape index (κ3) is 6.90. The molecule has 0 bridgehead atoms. The number of carbonyl (C=O) groups excluding carboxylic acids is 2. The fraction of sp³-hybridized carbons (Fsp3) is 0.471. The van der Waals surface area contributed by atoms with Crippen LogP contribution in [0.4, 0.5) is 9.59 Å². The average molecular weight is 627 g/mol. The van der Waals surface area contributed by atoms with E-state index in [2.05, 4.69) is 30.4 Å². The number of carbonyl (C=O) groups is 2. The molecular formula is C34H42N8O4. The van der Waals surface area contributed by atoms with Gasteiger partial charge in [0.05, 0.1) is 12.1 Å². The SMILES string of the molecule is CC(C)(C)OC(=O)N1CCC[C@H]1c1nnc(-c2ccc(-c3ccc(-c4nnc([C@@H]5CCCN5C(=O)OC(C)(C)C)[nH]4)cc3)cc2)[nH]1. The number of rotatable bonds is 5. The van der Waals surface area contributed by atoms with Gasteiger partial charge in [-0.1, -0.05) is 48.5 Å². The Morgan fingerprint density at radius 3 is 1.30 bits per heavy atom. The Labute approximate surface area is 268 Å². The van der Waals surface area contributed by atoms with Crippen LogP contribution in [0.15, 0.2) is 48.5 Å². The van der Waals surface area contributed by atoms with Gasteiger partial charge in [-0.3, -0.25) is 9.80 Å². The zero-order valence-corrected chi connectivity index (χ0v) is 27.3. The van der Waals surface area contributed by atoms with E-state index in [0.29, 0.717) is 36.4 Å². The van der Waals surface area contributed by atoms with Crippen molar-refractivity contribution in [3.63, 3.8) is 0 Å². The third-order valence-corrected chi connectivity index (χ3v) is 8.05. The number of aromatic amines is 2. The van der Waals surface area contributed by atoms with Crippen LogP contribution in [0.2, 0.25) is 0 Å². The van der Waals surface area contributed by atoms with Gasteiger partial charge in [0.25, 0.3) is 0 Å². The smallest absolute Gasteiger partial charge is 0.410 e. The van der Waals surface area contributed by atoms with Gasteiger partial charge in [0.2, 0.25) is 0 Å². The van der Waals surface area contributed by atoms with Crippen LogP contribution in [-0.4, -0.2) is 76.6 Å². The van der Waals surface area contributed by atoms with Crippen molar-refractivity contribution in [2.75, 3.05) is 13.1 Å². The van der Waals surface area contributed by atoms with Crippen molar-refractivity contribution in [1.29, 1.82) is 0 Å². The first-order valence-corrected chi connectivity index (χ1v) is 15.9. The summed E-state index contributed by atoms with van der Waals surface area (Å²) < 4.78 is 11.2. The standard InChI is InChI=1S/C34H42N8O4/c1-33(2,3)45-31(43)41-19-7-9-25(41)29-35-27(37-39-29)23-15-11-21(12-16-23)22-13-17-24(18-14-22)28-36-30(40-38-28)26-10-8-20-42(26)32(44)46-34(4,5)6/h11-18,25-26H,7-10,19-20H2,1-6H3,(H,35,37,39)(H,36,38,40)/t25-,26-/m0/s1. The normalized spacial score (nSPS) is 18.7. The summed E-state index contributed by atoms with van der Waals surface area (Å²) in [4.78, 5) is 35.6. The Bertz CT molecular complexity index is 1560. The molecule has 2 aliphatic rings. The van der Waals surface area contributed by atoms with Gasteiger partial charge in [0.1, 0.15) is 11.2 Å². The van der Waals surface area contributed by atoms with Gasteiger partial charge in [0.15, 0.2) is 23.3 Å². The zero-order chi connectivity index (χ0) is 32.6. The van der Waals surface area contributed by atoms with Crippen LogP contribution in [0.1, 0.15) is 91.0 Å². The fourth-order valence-corrected chi connectivity index (χ4v) is 5.93. The van der Waals surface area contributed by atoms with E-state index < -0.39 is 11.2 Å². The van der Waals surface area contributed by atoms with E-state index in [1.807, 2.05) is 90.1 Å². The lowest BCUT2D eigenvalue weighted by Gasteiger charge is -2.27. The highest BCUT2D eigenvalue weighted by atomic mass is 16.6. The molecular weight excluding hydrogens is 584 g/mol. The highest BCUT2D eigenvalue weighted by molar-refractivity contribution is 5.71. The summed E-state index contributed by atoms with van der Waals surface area (Å²) in [7, 11) is 0. The molecule has 2 N–H and O–H groups in total. The van der Waals surface area contributed by atoms with Crippen LogP contribution in [0.5, 0.6) is 0 Å². The fourth-order valence-electron chi connectivity index (χ4n) is 5.93. The number of H-pyrrole nitrogens is 2. The van der Waals surface area contributed by atoms with Crippen LogP contribution >= 0.6 is 0 Å². The van der Waals surface area contributed by atoms with Gasteiger partial charge in [-0.15, -0.1) is 20.4 Å². The van der Waals surface area contributed by atoms with Crippen molar-refractivity contribution in [3.05, 3.63) is 60.2 Å². The van der Waals surface area contributed by atoms with Gasteiger partial charge in [-0.05, 0) is 78.4 Å². The molecule has 4 aromatic rings. The lowest BCUT2D eigenvalue weighted by Crippen LogP contribution is -2.36. The molecule has 4 heterocycles. The highest BCUT2D eigenvalue weighted by Gasteiger charge is 2.36. The summed E-state index contributed by atoms with van der Waals surface area (Å²) in [6, 6.07) is 15.9. The quantitative estimate of drug-likeness (QED) is 0.240. The Morgan fingerprint density at radius 1 is 0.609 bits per heavy atom. The lowest BCUT2D eigenvalue weighted by molar-refractivity contribution is 0.0208. The molecule has 46 heavy (non-hydrogen) atoms. The number of aromatic nitrogens is 6. The number of ether oxygens (including phenoxy) is 2. The molecule has 0 aliphatic carbocycles. The Hall–Kier alpha value is -4.74. The number of nitrogens with one attached hydrogen (secondary N) is 2. The highest BCUT2D eigenvalue weighted by Crippen LogP contribution is 2.34. The van der Waals surface area contributed by atoms with Crippen LogP contribution < -0.4 is 0 Å². The van der Waals surface area contributed by atoms with Crippen molar-refractivity contribution in [3.8, 4) is 33.9 Å². The van der Waals surface area contributed by atoms with Crippen molar-refractivity contribution < 1.29 is 19.1 Å². The van der Waals surface area contributed by atoms with E-state index in [9.17, 15) is 9.59 Å². The second-order valence-electron chi connectivity index (χ2n) is 13.9. The molecule has 2 aromatic heterocycles. The van der Waals surface area contributed by atoms with Crippen molar-refractivity contribution >= 4 is 12.2 Å². The van der Waals surface area contributed by atoms with Gasteiger partial charge >= 0.3 is 12.2 Å². The van der Waals surface area contributed by atoms with E-state index in [1.54, 1.807) is 9.80 Å². The second kappa shape index (κ2) is 12.2. The number of amides is 2. The van der Waals surface area contributed by atoms with Crippen LogP contribution in [0.3, 0.4) is 0 Å². The van der Waals surface area contributed by atoms with E-state index in [0.717, 1.165) is 47.9 Å². The Kier molecular flexibility index (Phi) is 8.30. The van der Waals surface area contributed by atoms with Gasteiger partial charge in [-0.2, -0.15) is 0 Å². The van der Waals surface area contributed by atoms with E-state index >= 15 is 0 Å². The first-order valence-electron chi connectivity index (χ1n) is 15.9.